The van der Waals surface area contributed by atoms with Gasteiger partial charge >= 0.3 is 0 Å². The van der Waals surface area contributed by atoms with Crippen molar-refractivity contribution in [1.82, 2.24) is 9.71 Å². The Labute approximate surface area is 128 Å². The summed E-state index contributed by atoms with van der Waals surface area (Å²) in [6, 6.07) is 5.00. The largest absolute Gasteiger partial charge is 0.274 e. The number of rotatable bonds is 5. The molecule has 0 atom stereocenters. The first-order valence-electron chi connectivity index (χ1n) is 6.38. The molecule has 0 bridgehead atoms. The van der Waals surface area contributed by atoms with E-state index in [1.807, 2.05) is 12.3 Å². The van der Waals surface area contributed by atoms with Crippen molar-refractivity contribution in [3.05, 3.63) is 45.9 Å². The Morgan fingerprint density at radius 1 is 1.33 bits per heavy atom. The Hall–Kier alpha value is -1.73. The zero-order valence-electron chi connectivity index (χ0n) is 11.8. The quantitative estimate of drug-likeness (QED) is 0.915. The van der Waals surface area contributed by atoms with E-state index in [2.05, 4.69) is 9.71 Å². The van der Waals surface area contributed by atoms with Gasteiger partial charge in [0.25, 0.3) is 10.0 Å². The lowest BCUT2D eigenvalue weighted by atomic mass is 10.2. The van der Waals surface area contributed by atoms with Crippen LogP contribution in [-0.2, 0) is 21.2 Å². The molecule has 1 amide bonds. The molecule has 5 nitrogen and oxygen atoms in total. The normalized spacial score (nSPS) is 11.3. The second kappa shape index (κ2) is 6.36. The van der Waals surface area contributed by atoms with Crippen LogP contribution in [0.15, 0.2) is 34.0 Å². The summed E-state index contributed by atoms with van der Waals surface area (Å²) < 4.78 is 26.5. The van der Waals surface area contributed by atoms with Crippen molar-refractivity contribution < 1.29 is 13.2 Å². The summed E-state index contributed by atoms with van der Waals surface area (Å²) in [7, 11) is -3.82. The van der Waals surface area contributed by atoms with Gasteiger partial charge in [-0.3, -0.25) is 4.79 Å². The van der Waals surface area contributed by atoms with Crippen LogP contribution < -0.4 is 4.72 Å². The van der Waals surface area contributed by atoms with Gasteiger partial charge in [-0.25, -0.2) is 18.1 Å². The molecule has 2 rings (SSSR count). The van der Waals surface area contributed by atoms with Crippen LogP contribution in [0.3, 0.4) is 0 Å². The zero-order valence-corrected chi connectivity index (χ0v) is 13.4. The summed E-state index contributed by atoms with van der Waals surface area (Å²) in [5.74, 6) is -0.525. The van der Waals surface area contributed by atoms with Gasteiger partial charge in [-0.1, -0.05) is 17.7 Å². The van der Waals surface area contributed by atoms with Gasteiger partial charge in [-0.05, 0) is 31.9 Å². The average molecular weight is 324 g/mol. The van der Waals surface area contributed by atoms with Gasteiger partial charge < -0.3 is 0 Å². The van der Waals surface area contributed by atoms with Crippen molar-refractivity contribution >= 4 is 27.3 Å². The molecule has 0 unspecified atom stereocenters. The minimum absolute atomic E-state index is 0.0911. The van der Waals surface area contributed by atoms with Crippen LogP contribution in [0.25, 0.3) is 0 Å². The lowest BCUT2D eigenvalue weighted by Gasteiger charge is -2.09. The van der Waals surface area contributed by atoms with E-state index >= 15 is 0 Å². The summed E-state index contributed by atoms with van der Waals surface area (Å²) in [6.45, 7) is 3.59. The highest BCUT2D eigenvalue weighted by Crippen LogP contribution is 2.16. The lowest BCUT2D eigenvalue weighted by Crippen LogP contribution is -2.31. The maximum atomic E-state index is 12.2. The van der Waals surface area contributed by atoms with Crippen molar-refractivity contribution in [2.75, 3.05) is 0 Å². The molecule has 1 N–H and O–H groups in total. The smallest absolute Gasteiger partial charge is 0.264 e. The number of carbonyl (C=O) groups excluding carboxylic acids is 1. The number of hydrogen-bond donors (Lipinski definition) is 1. The Morgan fingerprint density at radius 3 is 2.71 bits per heavy atom. The standard InChI is InChI=1S/C14H16N2O3S2/c1-10-3-5-13(11(2)7-10)21(18,19)16-14(17)6-4-12-8-20-9-15-12/h3,5,7-9H,4,6H2,1-2H3,(H,16,17). The Kier molecular flexibility index (Phi) is 4.74. The molecule has 0 fully saturated rings. The predicted molar refractivity (Wildman–Crippen MR) is 81.7 cm³/mol. The number of aromatic nitrogens is 1. The zero-order chi connectivity index (χ0) is 15.5. The molecule has 2 aromatic rings. The van der Waals surface area contributed by atoms with Crippen LogP contribution in [0.4, 0.5) is 0 Å². The highest BCUT2D eigenvalue weighted by Gasteiger charge is 2.19. The molecule has 0 spiro atoms. The number of carbonyl (C=O) groups is 1. The van der Waals surface area contributed by atoms with Crippen LogP contribution in [0.5, 0.6) is 0 Å². The van der Waals surface area contributed by atoms with Crippen LogP contribution in [0.2, 0.25) is 0 Å². The van der Waals surface area contributed by atoms with E-state index in [1.54, 1.807) is 24.6 Å². The maximum Gasteiger partial charge on any atom is 0.264 e. The minimum Gasteiger partial charge on any atom is -0.274 e. The molecule has 112 valence electrons. The highest BCUT2D eigenvalue weighted by molar-refractivity contribution is 7.90. The number of nitrogens with one attached hydrogen (secondary N) is 1. The molecule has 0 saturated heterocycles. The van der Waals surface area contributed by atoms with E-state index in [0.29, 0.717) is 12.0 Å². The van der Waals surface area contributed by atoms with E-state index in [1.165, 1.54) is 17.4 Å². The third kappa shape index (κ3) is 4.12. The van der Waals surface area contributed by atoms with Gasteiger partial charge in [0.1, 0.15) is 0 Å². The van der Waals surface area contributed by atoms with E-state index in [4.69, 9.17) is 0 Å². The second-order valence-electron chi connectivity index (χ2n) is 4.78. The fourth-order valence-electron chi connectivity index (χ4n) is 1.96. The summed E-state index contributed by atoms with van der Waals surface area (Å²) in [6.07, 6.45) is 0.519. The molecule has 0 radical (unpaired) electrons. The molecule has 0 saturated carbocycles. The molecule has 1 aromatic carbocycles. The van der Waals surface area contributed by atoms with Crippen LogP contribution >= 0.6 is 11.3 Å². The van der Waals surface area contributed by atoms with Crippen LogP contribution in [0, 0.1) is 13.8 Å². The SMILES string of the molecule is Cc1ccc(S(=O)(=O)NC(=O)CCc2cscn2)c(C)c1. The molecule has 1 aromatic heterocycles. The number of nitrogens with zero attached hydrogens (tertiary/aromatic N) is 1. The average Bonchev–Trinajstić information content (AvgIpc) is 2.88. The number of amides is 1. The first-order valence-corrected chi connectivity index (χ1v) is 8.81. The summed E-state index contributed by atoms with van der Waals surface area (Å²) >= 11 is 1.44. The summed E-state index contributed by atoms with van der Waals surface area (Å²) in [5, 5.41) is 1.84. The van der Waals surface area contributed by atoms with Crippen LogP contribution in [0.1, 0.15) is 23.2 Å². The Morgan fingerprint density at radius 2 is 2.10 bits per heavy atom. The molecule has 0 aliphatic heterocycles. The van der Waals surface area contributed by atoms with E-state index in [0.717, 1.165) is 11.3 Å². The lowest BCUT2D eigenvalue weighted by molar-refractivity contribution is -0.119. The van der Waals surface area contributed by atoms with Gasteiger partial charge in [0, 0.05) is 11.8 Å². The van der Waals surface area contributed by atoms with Gasteiger partial charge in [-0.2, -0.15) is 0 Å². The molecule has 1 heterocycles. The number of aryl methyl sites for hydroxylation is 3. The summed E-state index contributed by atoms with van der Waals surface area (Å²) in [4.78, 5) is 16.0. The van der Waals surface area contributed by atoms with Gasteiger partial charge in [0.05, 0.1) is 16.1 Å². The van der Waals surface area contributed by atoms with Gasteiger partial charge in [0.15, 0.2) is 0 Å². The van der Waals surface area contributed by atoms with E-state index in [9.17, 15) is 13.2 Å². The second-order valence-corrected chi connectivity index (χ2v) is 7.15. The van der Waals surface area contributed by atoms with E-state index in [-0.39, 0.29) is 11.3 Å². The maximum absolute atomic E-state index is 12.2. The van der Waals surface area contributed by atoms with Crippen molar-refractivity contribution in [3.8, 4) is 0 Å². The molecule has 21 heavy (non-hydrogen) atoms. The molecule has 0 aliphatic carbocycles. The Bertz CT molecular complexity index is 738. The van der Waals surface area contributed by atoms with Gasteiger partial charge in [0.2, 0.25) is 5.91 Å². The number of benzene rings is 1. The molecule has 7 heteroatoms. The number of hydrogen-bond acceptors (Lipinski definition) is 5. The summed E-state index contributed by atoms with van der Waals surface area (Å²) in [5.41, 5.74) is 4.06. The van der Waals surface area contributed by atoms with Crippen molar-refractivity contribution in [3.63, 3.8) is 0 Å². The van der Waals surface area contributed by atoms with Crippen LogP contribution in [-0.4, -0.2) is 19.3 Å². The predicted octanol–water partition coefficient (Wildman–Crippen LogP) is 2.20. The highest BCUT2D eigenvalue weighted by atomic mass is 32.2. The van der Waals surface area contributed by atoms with Crippen molar-refractivity contribution in [2.45, 2.75) is 31.6 Å². The number of thiazole rings is 1. The monoisotopic (exact) mass is 324 g/mol. The minimum atomic E-state index is -3.82. The van der Waals surface area contributed by atoms with Crippen molar-refractivity contribution in [2.24, 2.45) is 0 Å². The molecular formula is C14H16N2O3S2. The Balaban J connectivity index is 2.04. The third-order valence-electron chi connectivity index (χ3n) is 2.96. The first-order chi connectivity index (χ1) is 9.88. The number of sulfonamides is 1. The van der Waals surface area contributed by atoms with E-state index < -0.39 is 15.9 Å². The fourth-order valence-corrected chi connectivity index (χ4v) is 3.79. The van der Waals surface area contributed by atoms with Gasteiger partial charge in [-0.15, -0.1) is 11.3 Å². The topological polar surface area (TPSA) is 76.1 Å². The fraction of sp³-hybridized carbons (Fsp3) is 0.286. The van der Waals surface area contributed by atoms with Crippen molar-refractivity contribution in [1.29, 1.82) is 0 Å². The third-order valence-corrected chi connectivity index (χ3v) is 5.13. The molecular weight excluding hydrogens is 308 g/mol. The first kappa shape index (κ1) is 15.7. The molecule has 0 aliphatic rings.